The maximum absolute atomic E-state index is 8.80. The fourth-order valence-corrected chi connectivity index (χ4v) is 0. The van der Waals surface area contributed by atoms with E-state index in [1.807, 2.05) is 0 Å². The Morgan fingerprint density at radius 3 is 1.60 bits per heavy atom. The van der Waals surface area contributed by atoms with Crippen LogP contribution in [0.2, 0.25) is 0 Å². The van der Waals surface area contributed by atoms with Gasteiger partial charge >= 0.3 is 29.6 Å². The van der Waals surface area contributed by atoms with E-state index in [9.17, 15) is 0 Å². The third kappa shape index (κ3) is 23.5. The first-order valence-electron chi connectivity index (χ1n) is 0.258. The molecular weight excluding hydrogens is 333 g/mol. The van der Waals surface area contributed by atoms with Crippen LogP contribution in [0.1, 0.15) is 0 Å². The molecule has 5 heavy (non-hydrogen) atoms. The molecule has 0 aliphatic heterocycles. The Labute approximate surface area is 71.5 Å². The normalized spacial score (nSPS) is 4.00. The zero-order valence-corrected chi connectivity index (χ0v) is 8.62. The predicted molar refractivity (Wildman–Crippen MR) is 14.0 cm³/mol. The molecule has 0 rings (SSSR count). The molecule has 0 aromatic heterocycles. The minimum atomic E-state index is -0.717. The molecular formula is CuInOPdS. The van der Waals surface area contributed by atoms with Gasteiger partial charge in [0.25, 0.3) is 0 Å². The Balaban J connectivity index is -0.0000000200. The zero-order valence-electron chi connectivity index (χ0n) is 2.01. The Hall–Kier alpha value is 2.07. The number of hydrogen-bond donors (Lipinski definition) is 0. The Bertz CT molecular complexity index is 32.6. The molecule has 0 atom stereocenters. The van der Waals surface area contributed by atoms with Gasteiger partial charge in [-0.1, -0.05) is 0 Å². The van der Waals surface area contributed by atoms with Gasteiger partial charge in [-0.15, -0.1) is 0 Å². The van der Waals surface area contributed by atoms with Gasteiger partial charge in [0.05, 0.1) is 0 Å². The van der Waals surface area contributed by atoms with Crippen molar-refractivity contribution in [3.8, 4) is 0 Å². The Morgan fingerprint density at radius 1 is 1.60 bits per heavy atom. The first-order chi connectivity index (χ1) is 1.41. The van der Waals surface area contributed by atoms with Gasteiger partial charge in [-0.05, 0) is 0 Å². The van der Waals surface area contributed by atoms with E-state index < -0.39 is 16.1 Å². The summed E-state index contributed by atoms with van der Waals surface area (Å²) in [5.41, 5.74) is 0. The van der Waals surface area contributed by atoms with E-state index in [0.717, 1.165) is 0 Å². The molecule has 0 amide bonds. The fourth-order valence-electron chi connectivity index (χ4n) is 0. The third-order valence-corrected chi connectivity index (χ3v) is 0. The zero-order chi connectivity index (χ0) is 2.71. The molecule has 0 unspecified atom stereocenters. The molecule has 0 bridgehead atoms. The summed E-state index contributed by atoms with van der Waals surface area (Å²) in [6.07, 6.45) is 0. The van der Waals surface area contributed by atoms with E-state index in [4.69, 9.17) is 3.47 Å². The fraction of sp³-hybridized carbons (Fsp3) is 0. The molecule has 0 saturated heterocycles. The summed E-state index contributed by atoms with van der Waals surface area (Å²) >= 11 is -0.717. The quantitative estimate of drug-likeness (QED) is 0.587. The predicted octanol–water partition coefficient (Wildman–Crippen LogP) is 0.144. The molecule has 0 fully saturated rings. The van der Waals surface area contributed by atoms with Crippen molar-refractivity contribution in [2.75, 3.05) is 0 Å². The van der Waals surface area contributed by atoms with Crippen molar-refractivity contribution in [1.29, 1.82) is 0 Å². The van der Waals surface area contributed by atoms with Crippen molar-refractivity contribution >= 4 is 35.8 Å². The summed E-state index contributed by atoms with van der Waals surface area (Å²) in [5, 5.41) is 0. The van der Waals surface area contributed by atoms with E-state index in [2.05, 4.69) is 9.94 Å². The van der Waals surface area contributed by atoms with Crippen LogP contribution in [-0.4, -0.2) is 25.8 Å². The summed E-state index contributed by atoms with van der Waals surface area (Å²) in [4.78, 5) is 0. The van der Waals surface area contributed by atoms with Crippen LogP contribution in [0, 0.1) is 0 Å². The molecule has 0 saturated carbocycles. The van der Waals surface area contributed by atoms with Gasteiger partial charge in [-0.2, -0.15) is 0 Å². The SMILES string of the molecule is [Cu].[In].[O]=[Pd]=[S]. The van der Waals surface area contributed by atoms with E-state index in [1.54, 1.807) is 0 Å². The van der Waals surface area contributed by atoms with Crippen LogP contribution in [0.3, 0.4) is 0 Å². The topological polar surface area (TPSA) is 17.1 Å². The number of rotatable bonds is 0. The van der Waals surface area contributed by atoms with Crippen molar-refractivity contribution < 1.29 is 36.7 Å². The van der Waals surface area contributed by atoms with Gasteiger partial charge in [0.15, 0.2) is 0 Å². The van der Waals surface area contributed by atoms with Crippen molar-refractivity contribution in [3.63, 3.8) is 0 Å². The van der Waals surface area contributed by atoms with Crippen molar-refractivity contribution in [1.82, 2.24) is 0 Å². The van der Waals surface area contributed by atoms with Crippen LogP contribution in [0.4, 0.5) is 0 Å². The van der Waals surface area contributed by atoms with E-state index in [-0.39, 0.29) is 42.9 Å². The molecule has 0 aromatic rings. The molecule has 4 radical (unpaired) electrons. The van der Waals surface area contributed by atoms with E-state index >= 15 is 0 Å². The molecule has 0 aliphatic carbocycles. The van der Waals surface area contributed by atoms with Gasteiger partial charge in [0.1, 0.15) is 0 Å². The molecule has 0 aliphatic rings. The van der Waals surface area contributed by atoms with Crippen LogP contribution in [0.5, 0.6) is 0 Å². The first-order valence-corrected chi connectivity index (χ1v) is 3.06. The summed E-state index contributed by atoms with van der Waals surface area (Å²) in [6.45, 7) is 0. The number of hydrogen-bond acceptors (Lipinski definition) is 2. The molecule has 0 N–H and O–H groups in total. The van der Waals surface area contributed by atoms with Gasteiger partial charge < -0.3 is 0 Å². The Morgan fingerprint density at radius 2 is 1.60 bits per heavy atom. The van der Waals surface area contributed by atoms with Gasteiger partial charge in [-0.3, -0.25) is 0 Å². The van der Waals surface area contributed by atoms with Crippen molar-refractivity contribution in [2.45, 2.75) is 0 Å². The molecule has 5 heteroatoms. The van der Waals surface area contributed by atoms with E-state index in [0.29, 0.717) is 0 Å². The standard InChI is InChI=1S/Cu.In.O.Pd.S. The van der Waals surface area contributed by atoms with Gasteiger partial charge in [0, 0.05) is 42.9 Å². The van der Waals surface area contributed by atoms with Crippen molar-refractivity contribution in [3.05, 3.63) is 0 Å². The van der Waals surface area contributed by atoms with Crippen molar-refractivity contribution in [2.24, 2.45) is 0 Å². The van der Waals surface area contributed by atoms with Crippen LogP contribution in [0.15, 0.2) is 0 Å². The molecule has 0 heterocycles. The third-order valence-electron chi connectivity index (χ3n) is 0. The monoisotopic (exact) mass is 332 g/mol. The van der Waals surface area contributed by atoms with Crippen LogP contribution >= 0.6 is 9.94 Å². The molecule has 1 nitrogen and oxygen atoms in total. The molecule has 36 valence electrons. The van der Waals surface area contributed by atoms with Crippen LogP contribution in [-0.2, 0) is 36.7 Å². The summed E-state index contributed by atoms with van der Waals surface area (Å²) in [6, 6.07) is 0. The van der Waals surface area contributed by atoms with E-state index in [1.165, 1.54) is 0 Å². The second-order valence-corrected chi connectivity index (χ2v) is 0.935. The van der Waals surface area contributed by atoms with Crippen LogP contribution in [0.25, 0.3) is 0 Å². The van der Waals surface area contributed by atoms with Gasteiger partial charge in [0.2, 0.25) is 0 Å². The summed E-state index contributed by atoms with van der Waals surface area (Å²) in [7, 11) is 3.89. The van der Waals surface area contributed by atoms with Gasteiger partial charge in [-0.25, -0.2) is 0 Å². The summed E-state index contributed by atoms with van der Waals surface area (Å²) < 4.78 is 8.80. The second kappa shape index (κ2) is 16.6. The summed E-state index contributed by atoms with van der Waals surface area (Å²) in [5.74, 6) is 0. The molecule has 0 spiro atoms. The Kier molecular flexibility index (Phi) is 52.1. The maximum atomic E-state index is 8.80. The average molecular weight is 333 g/mol. The second-order valence-electron chi connectivity index (χ2n) is 0.0527. The first kappa shape index (κ1) is 15.7. The minimum absolute atomic E-state index is 0. The van der Waals surface area contributed by atoms with Crippen LogP contribution < -0.4 is 0 Å². The average Bonchev–Trinajstić information content (AvgIpc) is 0.918. The molecule has 0 aromatic carbocycles.